The first-order valence-corrected chi connectivity index (χ1v) is 5.82. The van der Waals surface area contributed by atoms with Gasteiger partial charge in [0.05, 0.1) is 0 Å². The van der Waals surface area contributed by atoms with E-state index in [1.165, 1.54) is 5.56 Å². The monoisotopic (exact) mass is 227 g/mol. The Bertz CT molecular complexity index is 507. The van der Waals surface area contributed by atoms with Crippen LogP contribution >= 0.6 is 0 Å². The van der Waals surface area contributed by atoms with Gasteiger partial charge < -0.3 is 5.73 Å². The molecule has 88 valence electrons. The molecule has 3 heteroatoms. The minimum Gasteiger partial charge on any atom is -0.383 e. The van der Waals surface area contributed by atoms with Gasteiger partial charge in [-0.25, -0.2) is 9.97 Å². The summed E-state index contributed by atoms with van der Waals surface area (Å²) in [4.78, 5) is 8.88. The van der Waals surface area contributed by atoms with E-state index in [1.54, 1.807) is 0 Å². The van der Waals surface area contributed by atoms with Crippen molar-refractivity contribution in [3.8, 4) is 11.4 Å². The predicted octanol–water partition coefficient (Wildman–Crippen LogP) is 2.91. The highest BCUT2D eigenvalue weighted by Crippen LogP contribution is 2.21. The van der Waals surface area contributed by atoms with E-state index in [1.807, 2.05) is 19.1 Å². The van der Waals surface area contributed by atoms with E-state index < -0.39 is 0 Å². The lowest BCUT2D eigenvalue weighted by Crippen LogP contribution is -2.04. The molecular weight excluding hydrogens is 210 g/mol. The summed E-state index contributed by atoms with van der Waals surface area (Å²) in [5.41, 5.74) is 10.2. The molecule has 0 fully saturated rings. The highest BCUT2D eigenvalue weighted by atomic mass is 15.0. The number of hydrogen-bond donors (Lipinski definition) is 1. The summed E-state index contributed by atoms with van der Waals surface area (Å²) < 4.78 is 0. The maximum atomic E-state index is 5.95. The molecule has 2 rings (SSSR count). The van der Waals surface area contributed by atoms with E-state index in [0.717, 1.165) is 23.2 Å². The lowest BCUT2D eigenvalue weighted by molar-refractivity contribution is 1.01. The predicted molar refractivity (Wildman–Crippen MR) is 70.7 cm³/mol. The second-order valence-corrected chi connectivity index (χ2v) is 4.22. The van der Waals surface area contributed by atoms with Crippen LogP contribution in [0.2, 0.25) is 0 Å². The second kappa shape index (κ2) is 4.53. The van der Waals surface area contributed by atoms with Gasteiger partial charge in [-0.05, 0) is 20.3 Å². The van der Waals surface area contributed by atoms with Gasteiger partial charge in [0.1, 0.15) is 5.82 Å². The summed E-state index contributed by atoms with van der Waals surface area (Å²) >= 11 is 0. The molecule has 1 aromatic carbocycles. The average Bonchev–Trinajstić information content (AvgIpc) is 2.29. The fourth-order valence-corrected chi connectivity index (χ4v) is 1.89. The molecule has 0 atom stereocenters. The van der Waals surface area contributed by atoms with E-state index in [4.69, 9.17) is 5.73 Å². The molecule has 1 aromatic heterocycles. The van der Waals surface area contributed by atoms with Crippen molar-refractivity contribution in [1.82, 2.24) is 9.97 Å². The van der Waals surface area contributed by atoms with Crippen LogP contribution in [0.4, 0.5) is 5.82 Å². The zero-order valence-corrected chi connectivity index (χ0v) is 10.5. The maximum Gasteiger partial charge on any atom is 0.161 e. The lowest BCUT2D eigenvalue weighted by atomic mass is 10.1. The van der Waals surface area contributed by atoms with Crippen molar-refractivity contribution in [3.05, 3.63) is 41.1 Å². The van der Waals surface area contributed by atoms with E-state index >= 15 is 0 Å². The minimum absolute atomic E-state index is 0.593. The number of hydrogen-bond acceptors (Lipinski definition) is 3. The number of rotatable bonds is 2. The third-order valence-electron chi connectivity index (χ3n) is 2.91. The van der Waals surface area contributed by atoms with Crippen molar-refractivity contribution < 1.29 is 0 Å². The molecule has 0 amide bonds. The number of aryl methyl sites for hydroxylation is 2. The summed E-state index contributed by atoms with van der Waals surface area (Å²) in [6.45, 7) is 6.10. The molecule has 17 heavy (non-hydrogen) atoms. The number of nitrogen functional groups attached to an aromatic ring is 1. The Morgan fingerprint density at radius 1 is 1.06 bits per heavy atom. The Morgan fingerprint density at radius 2 is 1.71 bits per heavy atom. The Hall–Kier alpha value is -1.90. The Kier molecular flexibility index (Phi) is 3.09. The fourth-order valence-electron chi connectivity index (χ4n) is 1.89. The first kappa shape index (κ1) is 11.6. The minimum atomic E-state index is 0.593. The number of nitrogens with two attached hydrogens (primary N) is 1. The van der Waals surface area contributed by atoms with Gasteiger partial charge in [-0.1, -0.05) is 36.8 Å². The lowest BCUT2D eigenvalue weighted by Gasteiger charge is -2.08. The standard InChI is InChI=1S/C14H17N3/c1-4-12-10(3)16-14(17-13(12)15)11-7-5-9(2)6-8-11/h5-8H,4H2,1-3H3,(H2,15,16,17). The third kappa shape index (κ3) is 2.28. The van der Waals surface area contributed by atoms with Gasteiger partial charge in [0.25, 0.3) is 0 Å². The number of anilines is 1. The van der Waals surface area contributed by atoms with Crippen LogP contribution in [0.1, 0.15) is 23.7 Å². The molecule has 0 aliphatic heterocycles. The summed E-state index contributed by atoms with van der Waals surface area (Å²) in [6, 6.07) is 8.15. The number of benzene rings is 1. The van der Waals surface area contributed by atoms with Crippen molar-refractivity contribution in [2.45, 2.75) is 27.2 Å². The van der Waals surface area contributed by atoms with Gasteiger partial charge in [0.15, 0.2) is 5.82 Å². The van der Waals surface area contributed by atoms with Crippen LogP contribution in [0.3, 0.4) is 0 Å². The van der Waals surface area contributed by atoms with Gasteiger partial charge in [0, 0.05) is 16.8 Å². The Balaban J connectivity index is 2.50. The molecule has 0 bridgehead atoms. The van der Waals surface area contributed by atoms with E-state index in [2.05, 4.69) is 35.9 Å². The van der Waals surface area contributed by atoms with Crippen LogP contribution < -0.4 is 5.73 Å². The molecule has 0 unspecified atom stereocenters. The summed E-state index contributed by atoms with van der Waals surface area (Å²) in [5, 5.41) is 0. The van der Waals surface area contributed by atoms with Crippen molar-refractivity contribution in [1.29, 1.82) is 0 Å². The largest absolute Gasteiger partial charge is 0.383 e. The zero-order valence-electron chi connectivity index (χ0n) is 10.5. The second-order valence-electron chi connectivity index (χ2n) is 4.22. The highest BCUT2D eigenvalue weighted by Gasteiger charge is 2.08. The van der Waals surface area contributed by atoms with Crippen LogP contribution in [0, 0.1) is 13.8 Å². The average molecular weight is 227 g/mol. The molecule has 1 heterocycles. The molecule has 2 N–H and O–H groups in total. The van der Waals surface area contributed by atoms with Crippen LogP contribution in [0.15, 0.2) is 24.3 Å². The molecule has 2 aromatic rings. The molecule has 0 saturated heterocycles. The van der Waals surface area contributed by atoms with Crippen LogP contribution in [0.5, 0.6) is 0 Å². The highest BCUT2D eigenvalue weighted by molar-refractivity contribution is 5.59. The van der Waals surface area contributed by atoms with E-state index in [-0.39, 0.29) is 0 Å². The summed E-state index contributed by atoms with van der Waals surface area (Å²) in [6.07, 6.45) is 0.867. The van der Waals surface area contributed by atoms with Gasteiger partial charge in [0.2, 0.25) is 0 Å². The molecule has 3 nitrogen and oxygen atoms in total. The van der Waals surface area contributed by atoms with E-state index in [9.17, 15) is 0 Å². The first-order valence-electron chi connectivity index (χ1n) is 5.82. The van der Waals surface area contributed by atoms with E-state index in [0.29, 0.717) is 11.6 Å². The normalized spacial score (nSPS) is 10.5. The summed E-state index contributed by atoms with van der Waals surface area (Å²) in [7, 11) is 0. The van der Waals surface area contributed by atoms with Crippen LogP contribution in [-0.4, -0.2) is 9.97 Å². The van der Waals surface area contributed by atoms with Crippen molar-refractivity contribution >= 4 is 5.82 Å². The van der Waals surface area contributed by atoms with Crippen LogP contribution in [-0.2, 0) is 6.42 Å². The fraction of sp³-hybridized carbons (Fsp3) is 0.286. The molecule has 0 aliphatic rings. The van der Waals surface area contributed by atoms with Crippen molar-refractivity contribution in [2.24, 2.45) is 0 Å². The SMILES string of the molecule is CCc1c(C)nc(-c2ccc(C)cc2)nc1N. The number of nitrogens with zero attached hydrogens (tertiary/aromatic N) is 2. The maximum absolute atomic E-state index is 5.95. The number of aromatic nitrogens is 2. The molecule has 0 saturated carbocycles. The molecule has 0 aliphatic carbocycles. The molecule has 0 spiro atoms. The quantitative estimate of drug-likeness (QED) is 0.858. The Morgan fingerprint density at radius 3 is 2.24 bits per heavy atom. The van der Waals surface area contributed by atoms with Gasteiger partial charge >= 0.3 is 0 Å². The van der Waals surface area contributed by atoms with Crippen LogP contribution in [0.25, 0.3) is 11.4 Å². The van der Waals surface area contributed by atoms with Gasteiger partial charge in [-0.2, -0.15) is 0 Å². The third-order valence-corrected chi connectivity index (χ3v) is 2.91. The van der Waals surface area contributed by atoms with Crippen molar-refractivity contribution in [2.75, 3.05) is 5.73 Å². The van der Waals surface area contributed by atoms with Gasteiger partial charge in [-0.15, -0.1) is 0 Å². The van der Waals surface area contributed by atoms with Gasteiger partial charge in [-0.3, -0.25) is 0 Å². The first-order chi connectivity index (χ1) is 8.11. The zero-order chi connectivity index (χ0) is 12.4. The summed E-state index contributed by atoms with van der Waals surface area (Å²) in [5.74, 6) is 1.30. The Labute approximate surface area is 102 Å². The van der Waals surface area contributed by atoms with Crippen molar-refractivity contribution in [3.63, 3.8) is 0 Å². The molecular formula is C14H17N3. The topological polar surface area (TPSA) is 51.8 Å². The molecule has 0 radical (unpaired) electrons. The smallest absolute Gasteiger partial charge is 0.161 e.